The highest BCUT2D eigenvalue weighted by Crippen LogP contribution is 2.20. The lowest BCUT2D eigenvalue weighted by Gasteiger charge is -2.15. The van der Waals surface area contributed by atoms with Crippen LogP contribution in [-0.2, 0) is 20.3 Å². The molecule has 0 aliphatic rings. The number of rotatable bonds is 6. The predicted octanol–water partition coefficient (Wildman–Crippen LogP) is 3.79. The zero-order valence-electron chi connectivity index (χ0n) is 14.1. The Morgan fingerprint density at radius 3 is 2.62 bits per heavy atom. The van der Waals surface area contributed by atoms with Gasteiger partial charge in [0.1, 0.15) is 5.82 Å². The van der Waals surface area contributed by atoms with E-state index in [1.807, 2.05) is 0 Å². The molecule has 1 N–H and O–H groups in total. The molecular formula is C18H17ClFNO4S. The third-order valence-electron chi connectivity index (χ3n) is 3.45. The molecule has 5 nitrogen and oxygen atoms in total. The first-order valence-corrected chi connectivity index (χ1v) is 9.47. The van der Waals surface area contributed by atoms with Gasteiger partial charge in [-0.05, 0) is 37.3 Å². The molecular weight excluding hydrogens is 381 g/mol. The number of hydrogen-bond donors (Lipinski definition) is 1. The Balaban J connectivity index is 2.08. The van der Waals surface area contributed by atoms with E-state index in [0.29, 0.717) is 10.6 Å². The van der Waals surface area contributed by atoms with Crippen molar-refractivity contribution in [1.82, 2.24) is 0 Å². The Morgan fingerprint density at radius 1 is 1.27 bits per heavy atom. The van der Waals surface area contributed by atoms with Crippen LogP contribution in [0.15, 0.2) is 47.4 Å². The summed E-state index contributed by atoms with van der Waals surface area (Å²) in [5.41, 5.74) is 0.425. The SMILES string of the molecule is CC[S@@](=O)c1ccccc1C(=O)O[C@H](C)C(=O)Nc1ccc(F)c(Cl)c1. The van der Waals surface area contributed by atoms with E-state index in [0.717, 1.165) is 6.07 Å². The first kappa shape index (κ1) is 20.1. The quantitative estimate of drug-likeness (QED) is 0.753. The summed E-state index contributed by atoms with van der Waals surface area (Å²) in [4.78, 5) is 24.9. The fraction of sp³-hybridized carbons (Fsp3) is 0.222. The molecule has 1 amide bonds. The molecule has 2 rings (SSSR count). The van der Waals surface area contributed by atoms with E-state index in [2.05, 4.69) is 5.32 Å². The van der Waals surface area contributed by atoms with Gasteiger partial charge in [-0.15, -0.1) is 0 Å². The highest BCUT2D eigenvalue weighted by atomic mass is 35.5. The van der Waals surface area contributed by atoms with E-state index in [4.69, 9.17) is 16.3 Å². The summed E-state index contributed by atoms with van der Waals surface area (Å²) in [6, 6.07) is 10.1. The number of ether oxygens (including phenoxy) is 1. The Morgan fingerprint density at radius 2 is 1.96 bits per heavy atom. The third-order valence-corrected chi connectivity index (χ3v) is 5.12. The molecule has 138 valence electrons. The largest absolute Gasteiger partial charge is 0.449 e. The van der Waals surface area contributed by atoms with Crippen LogP contribution in [0.1, 0.15) is 24.2 Å². The first-order valence-electron chi connectivity index (χ1n) is 7.77. The normalized spacial score (nSPS) is 12.9. The summed E-state index contributed by atoms with van der Waals surface area (Å²) in [5.74, 6) is -1.60. The summed E-state index contributed by atoms with van der Waals surface area (Å²) in [7, 11) is -1.34. The van der Waals surface area contributed by atoms with Crippen molar-refractivity contribution < 1.29 is 22.9 Å². The average Bonchev–Trinajstić information content (AvgIpc) is 2.63. The van der Waals surface area contributed by atoms with Crippen LogP contribution in [0.4, 0.5) is 10.1 Å². The minimum atomic E-state index is -1.34. The van der Waals surface area contributed by atoms with Crippen molar-refractivity contribution in [2.24, 2.45) is 0 Å². The zero-order chi connectivity index (χ0) is 19.3. The predicted molar refractivity (Wildman–Crippen MR) is 98.3 cm³/mol. The number of benzene rings is 2. The van der Waals surface area contributed by atoms with Gasteiger partial charge in [0, 0.05) is 11.4 Å². The van der Waals surface area contributed by atoms with E-state index in [-0.39, 0.29) is 16.3 Å². The summed E-state index contributed by atoms with van der Waals surface area (Å²) >= 11 is 5.66. The maximum atomic E-state index is 13.1. The van der Waals surface area contributed by atoms with Crippen molar-refractivity contribution in [3.05, 3.63) is 58.9 Å². The van der Waals surface area contributed by atoms with Crippen LogP contribution in [0.2, 0.25) is 5.02 Å². The number of nitrogens with one attached hydrogen (secondary N) is 1. The topological polar surface area (TPSA) is 72.5 Å². The van der Waals surface area contributed by atoms with Gasteiger partial charge in [-0.3, -0.25) is 9.00 Å². The van der Waals surface area contributed by atoms with Crippen LogP contribution in [-0.4, -0.2) is 27.9 Å². The van der Waals surface area contributed by atoms with E-state index in [1.54, 1.807) is 25.1 Å². The fourth-order valence-electron chi connectivity index (χ4n) is 2.08. The van der Waals surface area contributed by atoms with Crippen LogP contribution < -0.4 is 5.32 Å². The molecule has 0 bridgehead atoms. The summed E-state index contributed by atoms with van der Waals surface area (Å²) in [6.45, 7) is 3.14. The molecule has 0 saturated carbocycles. The second-order valence-electron chi connectivity index (χ2n) is 5.30. The lowest BCUT2D eigenvalue weighted by molar-refractivity contribution is -0.123. The molecule has 2 atom stereocenters. The molecule has 0 aliphatic heterocycles. The number of hydrogen-bond acceptors (Lipinski definition) is 4. The van der Waals surface area contributed by atoms with Crippen LogP contribution in [0.25, 0.3) is 0 Å². The van der Waals surface area contributed by atoms with Crippen molar-refractivity contribution in [2.75, 3.05) is 11.1 Å². The molecule has 0 radical (unpaired) electrons. The van der Waals surface area contributed by atoms with Gasteiger partial charge in [0.05, 0.1) is 26.3 Å². The molecule has 0 fully saturated rings. The Hall–Kier alpha value is -2.25. The molecule has 8 heteroatoms. The van der Waals surface area contributed by atoms with E-state index in [1.165, 1.54) is 25.1 Å². The summed E-state index contributed by atoms with van der Waals surface area (Å²) < 4.78 is 30.4. The molecule has 0 unspecified atom stereocenters. The molecule has 0 aliphatic carbocycles. The molecule has 2 aromatic rings. The number of amides is 1. The number of esters is 1. The molecule has 0 saturated heterocycles. The van der Waals surface area contributed by atoms with Crippen molar-refractivity contribution in [3.8, 4) is 0 Å². The first-order chi connectivity index (χ1) is 12.3. The van der Waals surface area contributed by atoms with Gasteiger partial charge in [0.2, 0.25) is 0 Å². The molecule has 2 aromatic carbocycles. The van der Waals surface area contributed by atoms with Crippen molar-refractivity contribution >= 4 is 40.0 Å². The van der Waals surface area contributed by atoms with Crippen LogP contribution in [0.3, 0.4) is 0 Å². The van der Waals surface area contributed by atoms with Gasteiger partial charge < -0.3 is 10.1 Å². The van der Waals surface area contributed by atoms with Crippen molar-refractivity contribution in [1.29, 1.82) is 0 Å². The Kier molecular flexibility index (Phi) is 6.88. The van der Waals surface area contributed by atoms with Gasteiger partial charge >= 0.3 is 5.97 Å². The summed E-state index contributed by atoms with van der Waals surface area (Å²) in [6.07, 6.45) is -1.12. The molecule has 0 spiro atoms. The second kappa shape index (κ2) is 8.91. The van der Waals surface area contributed by atoms with Crippen LogP contribution in [0, 0.1) is 5.82 Å². The van der Waals surface area contributed by atoms with Crippen LogP contribution >= 0.6 is 11.6 Å². The van der Waals surface area contributed by atoms with Crippen molar-refractivity contribution in [3.63, 3.8) is 0 Å². The number of carbonyl (C=O) groups is 2. The molecule has 0 aromatic heterocycles. The number of carbonyl (C=O) groups excluding carboxylic acids is 2. The third kappa shape index (κ3) is 4.89. The maximum Gasteiger partial charge on any atom is 0.340 e. The smallest absolute Gasteiger partial charge is 0.340 e. The minimum Gasteiger partial charge on any atom is -0.449 e. The van der Waals surface area contributed by atoms with Gasteiger partial charge in [-0.25, -0.2) is 9.18 Å². The van der Waals surface area contributed by atoms with Crippen LogP contribution in [0.5, 0.6) is 0 Å². The lowest BCUT2D eigenvalue weighted by Crippen LogP contribution is -2.30. The number of anilines is 1. The standard InChI is InChI=1S/C18H17ClFNO4S/c1-3-26(24)16-7-5-4-6-13(16)18(23)25-11(2)17(22)21-12-8-9-15(20)14(19)10-12/h4-11H,3H2,1-2H3,(H,21,22)/t11-,26-/m1/s1. The van der Waals surface area contributed by atoms with Gasteiger partial charge in [-0.1, -0.05) is 30.7 Å². The van der Waals surface area contributed by atoms with E-state index >= 15 is 0 Å². The Bertz CT molecular complexity index is 859. The lowest BCUT2D eigenvalue weighted by atomic mass is 10.2. The van der Waals surface area contributed by atoms with E-state index in [9.17, 15) is 18.2 Å². The van der Waals surface area contributed by atoms with Gasteiger partial charge in [0.25, 0.3) is 5.91 Å². The second-order valence-corrected chi connectivity index (χ2v) is 7.41. The minimum absolute atomic E-state index is 0.136. The van der Waals surface area contributed by atoms with Crippen molar-refractivity contribution in [2.45, 2.75) is 24.8 Å². The van der Waals surface area contributed by atoms with E-state index < -0.39 is 34.6 Å². The highest BCUT2D eigenvalue weighted by Gasteiger charge is 2.22. The van der Waals surface area contributed by atoms with Gasteiger partial charge in [-0.2, -0.15) is 0 Å². The highest BCUT2D eigenvalue weighted by molar-refractivity contribution is 7.85. The molecule has 0 heterocycles. The zero-order valence-corrected chi connectivity index (χ0v) is 15.7. The van der Waals surface area contributed by atoms with Gasteiger partial charge in [0.15, 0.2) is 6.10 Å². The maximum absolute atomic E-state index is 13.1. The summed E-state index contributed by atoms with van der Waals surface area (Å²) in [5, 5.41) is 2.35. The fourth-order valence-corrected chi connectivity index (χ4v) is 3.20. The molecule has 26 heavy (non-hydrogen) atoms. The monoisotopic (exact) mass is 397 g/mol. The Labute approximate surface area is 158 Å². The average molecular weight is 398 g/mol. The number of halogens is 2.